The fourth-order valence-corrected chi connectivity index (χ4v) is 5.71. The predicted octanol–water partition coefficient (Wildman–Crippen LogP) is 4.39. The van der Waals surface area contributed by atoms with Gasteiger partial charge < -0.3 is 23.7 Å². The van der Waals surface area contributed by atoms with Gasteiger partial charge in [-0.05, 0) is 57.0 Å². The number of esters is 1. The summed E-state index contributed by atoms with van der Waals surface area (Å²) >= 11 is 1.25. The Morgan fingerprint density at radius 3 is 2.49 bits per heavy atom. The Morgan fingerprint density at radius 2 is 1.80 bits per heavy atom. The van der Waals surface area contributed by atoms with Gasteiger partial charge in [0.15, 0.2) is 27.8 Å². The van der Waals surface area contributed by atoms with Crippen LogP contribution in [0.25, 0.3) is 6.08 Å². The van der Waals surface area contributed by atoms with E-state index in [-0.39, 0.29) is 17.7 Å². The smallest absolute Gasteiger partial charge is 0.338 e. The van der Waals surface area contributed by atoms with Gasteiger partial charge in [0, 0.05) is 5.56 Å². The van der Waals surface area contributed by atoms with Crippen LogP contribution in [0.1, 0.15) is 57.7 Å². The number of thiazole rings is 1. The molecule has 1 atom stereocenters. The number of carbonyl (C=O) groups is 1. The predicted molar refractivity (Wildman–Crippen MR) is 158 cm³/mol. The maximum absolute atomic E-state index is 14.0. The van der Waals surface area contributed by atoms with Crippen LogP contribution in [0.15, 0.2) is 57.5 Å². The largest absolute Gasteiger partial charge is 0.493 e. The van der Waals surface area contributed by atoms with E-state index in [1.165, 1.54) is 15.9 Å². The molecule has 0 amide bonds. The molecular weight excluding hydrogens is 544 g/mol. The van der Waals surface area contributed by atoms with Gasteiger partial charge in [-0.3, -0.25) is 9.36 Å². The zero-order valence-corrected chi connectivity index (χ0v) is 25.1. The summed E-state index contributed by atoms with van der Waals surface area (Å²) in [4.78, 5) is 32.4. The number of hydrogen-bond acceptors (Lipinski definition) is 9. The lowest BCUT2D eigenvalue weighted by atomic mass is 9.94. The molecule has 218 valence electrons. The summed E-state index contributed by atoms with van der Waals surface area (Å²) in [5, 5.41) is 0. The van der Waals surface area contributed by atoms with Crippen molar-refractivity contribution in [3.8, 4) is 23.0 Å². The molecule has 0 bridgehead atoms. The number of ether oxygens (including phenoxy) is 5. The van der Waals surface area contributed by atoms with Crippen molar-refractivity contribution >= 4 is 23.4 Å². The highest BCUT2D eigenvalue weighted by Gasteiger charge is 2.36. The summed E-state index contributed by atoms with van der Waals surface area (Å²) in [6.45, 7) is 8.61. The molecule has 1 aliphatic heterocycles. The van der Waals surface area contributed by atoms with E-state index in [1.54, 1.807) is 46.3 Å². The molecule has 4 rings (SSSR count). The van der Waals surface area contributed by atoms with Crippen LogP contribution < -0.4 is 33.8 Å². The highest BCUT2D eigenvalue weighted by Crippen LogP contribution is 2.40. The van der Waals surface area contributed by atoms with Gasteiger partial charge in [0.25, 0.3) is 5.56 Å². The molecule has 9 nitrogen and oxygen atoms in total. The molecule has 0 saturated carbocycles. The first-order valence-electron chi connectivity index (χ1n) is 13.7. The quantitative estimate of drug-likeness (QED) is 0.232. The number of rotatable bonds is 12. The SMILES string of the molecule is CCCCOc1ccc(/C=c2/sc3n(c2=O)[C@H](c2cccc(OC)c2OCC)C(C(=O)OCC)=C(C)N=3)cc1OC. The van der Waals surface area contributed by atoms with Crippen LogP contribution in [0.4, 0.5) is 0 Å². The van der Waals surface area contributed by atoms with E-state index in [4.69, 9.17) is 23.7 Å². The van der Waals surface area contributed by atoms with Crippen molar-refractivity contribution < 1.29 is 28.5 Å². The van der Waals surface area contributed by atoms with Gasteiger partial charge in [0.1, 0.15) is 6.04 Å². The van der Waals surface area contributed by atoms with Crippen LogP contribution in [-0.2, 0) is 9.53 Å². The van der Waals surface area contributed by atoms with E-state index >= 15 is 0 Å². The molecule has 1 aromatic heterocycles. The lowest BCUT2D eigenvalue weighted by molar-refractivity contribution is -0.139. The molecule has 0 spiro atoms. The number of allylic oxidation sites excluding steroid dienone is 1. The summed E-state index contributed by atoms with van der Waals surface area (Å²) in [5.74, 6) is 1.64. The number of nitrogens with zero attached hydrogens (tertiary/aromatic N) is 2. The number of para-hydroxylation sites is 1. The van der Waals surface area contributed by atoms with Crippen molar-refractivity contribution in [3.05, 3.63) is 78.5 Å². The maximum atomic E-state index is 14.0. The Kier molecular flexibility index (Phi) is 9.88. The molecule has 0 fully saturated rings. The average Bonchev–Trinajstić information content (AvgIpc) is 3.27. The van der Waals surface area contributed by atoms with Crippen molar-refractivity contribution in [2.45, 2.75) is 46.6 Å². The van der Waals surface area contributed by atoms with Gasteiger partial charge in [-0.25, -0.2) is 9.79 Å². The van der Waals surface area contributed by atoms with E-state index in [1.807, 2.05) is 31.2 Å². The van der Waals surface area contributed by atoms with Crippen LogP contribution in [0.3, 0.4) is 0 Å². The molecule has 3 aromatic rings. The number of methoxy groups -OCH3 is 2. The first-order chi connectivity index (χ1) is 19.9. The third kappa shape index (κ3) is 6.17. The van der Waals surface area contributed by atoms with Crippen molar-refractivity contribution in [1.82, 2.24) is 4.57 Å². The number of benzene rings is 2. The zero-order valence-electron chi connectivity index (χ0n) is 24.3. The minimum absolute atomic E-state index is 0.184. The maximum Gasteiger partial charge on any atom is 0.338 e. The van der Waals surface area contributed by atoms with E-state index < -0.39 is 12.0 Å². The Bertz CT molecular complexity index is 1620. The average molecular weight is 581 g/mol. The van der Waals surface area contributed by atoms with Crippen LogP contribution in [0.2, 0.25) is 0 Å². The topological polar surface area (TPSA) is 97.6 Å². The highest BCUT2D eigenvalue weighted by atomic mass is 32.1. The lowest BCUT2D eigenvalue weighted by Crippen LogP contribution is -2.40. The second kappa shape index (κ2) is 13.5. The Labute approximate surface area is 243 Å². The summed E-state index contributed by atoms with van der Waals surface area (Å²) in [7, 11) is 3.14. The van der Waals surface area contributed by atoms with Gasteiger partial charge in [0.05, 0.1) is 49.8 Å². The third-order valence-electron chi connectivity index (χ3n) is 6.57. The van der Waals surface area contributed by atoms with E-state index in [0.717, 1.165) is 18.4 Å². The second-order valence-electron chi connectivity index (χ2n) is 9.23. The minimum atomic E-state index is -0.826. The van der Waals surface area contributed by atoms with Gasteiger partial charge in [-0.1, -0.05) is 42.9 Å². The van der Waals surface area contributed by atoms with Crippen molar-refractivity contribution in [2.24, 2.45) is 4.99 Å². The van der Waals surface area contributed by atoms with Crippen LogP contribution in [0, 0.1) is 0 Å². The highest BCUT2D eigenvalue weighted by molar-refractivity contribution is 7.07. The lowest BCUT2D eigenvalue weighted by Gasteiger charge is -2.26. The normalized spacial score (nSPS) is 14.8. The second-order valence-corrected chi connectivity index (χ2v) is 10.2. The molecule has 0 unspecified atom stereocenters. The van der Waals surface area contributed by atoms with Crippen LogP contribution in [0.5, 0.6) is 23.0 Å². The van der Waals surface area contributed by atoms with Gasteiger partial charge in [0.2, 0.25) is 0 Å². The molecule has 10 heteroatoms. The number of unbranched alkanes of at least 4 members (excludes halogenated alkanes) is 1. The summed E-state index contributed by atoms with van der Waals surface area (Å²) in [6.07, 6.45) is 3.76. The molecule has 0 radical (unpaired) electrons. The fourth-order valence-electron chi connectivity index (χ4n) is 4.66. The standard InChI is InChI=1S/C31H36N2O7S/c1-7-10-16-40-22-15-14-20(17-24(22)37-6)18-25-29(34)33-27(21-12-11-13-23(36-5)28(21)38-8-2)26(30(35)39-9-3)19(4)32-31(33)41-25/h11-15,17-18,27H,7-10,16H2,1-6H3/b25-18+/t27-/m1/s1. The molecule has 2 aromatic carbocycles. The molecule has 41 heavy (non-hydrogen) atoms. The van der Waals surface area contributed by atoms with Crippen LogP contribution >= 0.6 is 11.3 Å². The third-order valence-corrected chi connectivity index (χ3v) is 7.55. The first-order valence-corrected chi connectivity index (χ1v) is 14.5. The fraction of sp³-hybridized carbons (Fsp3) is 0.387. The van der Waals surface area contributed by atoms with Gasteiger partial charge in [-0.2, -0.15) is 0 Å². The van der Waals surface area contributed by atoms with E-state index in [0.29, 0.717) is 56.8 Å². The van der Waals surface area contributed by atoms with Crippen molar-refractivity contribution in [3.63, 3.8) is 0 Å². The van der Waals surface area contributed by atoms with Crippen molar-refractivity contribution in [1.29, 1.82) is 0 Å². The molecule has 0 saturated heterocycles. The summed E-state index contributed by atoms with van der Waals surface area (Å²) < 4.78 is 30.4. The first kappa shape index (κ1) is 29.9. The van der Waals surface area contributed by atoms with Crippen LogP contribution in [-0.4, -0.2) is 44.6 Å². The molecular formula is C31H36N2O7S. The Balaban J connectivity index is 1.90. The zero-order chi connectivity index (χ0) is 29.5. The van der Waals surface area contributed by atoms with E-state index in [9.17, 15) is 9.59 Å². The monoisotopic (exact) mass is 580 g/mol. The number of hydrogen-bond donors (Lipinski definition) is 0. The van der Waals surface area contributed by atoms with Gasteiger partial charge >= 0.3 is 5.97 Å². The Hall–Kier alpha value is -4.05. The minimum Gasteiger partial charge on any atom is -0.493 e. The Morgan fingerprint density at radius 1 is 1.02 bits per heavy atom. The number of carbonyl (C=O) groups excluding carboxylic acids is 1. The van der Waals surface area contributed by atoms with Crippen molar-refractivity contribution in [2.75, 3.05) is 34.0 Å². The summed E-state index contributed by atoms with van der Waals surface area (Å²) in [5.41, 5.74) is 1.83. The number of aromatic nitrogens is 1. The molecule has 0 N–H and O–H groups in total. The van der Waals surface area contributed by atoms with E-state index in [2.05, 4.69) is 11.9 Å². The number of fused-ring (bicyclic) bond motifs is 1. The molecule has 2 heterocycles. The molecule has 1 aliphatic rings. The summed E-state index contributed by atoms with van der Waals surface area (Å²) in [6, 6.07) is 10.1. The van der Waals surface area contributed by atoms with Gasteiger partial charge in [-0.15, -0.1) is 0 Å². The molecule has 0 aliphatic carbocycles.